The van der Waals surface area contributed by atoms with Crippen molar-refractivity contribution in [2.75, 3.05) is 18.0 Å². The van der Waals surface area contributed by atoms with E-state index in [1.54, 1.807) is 4.90 Å². The molecule has 1 aromatic rings. The van der Waals surface area contributed by atoms with E-state index in [0.29, 0.717) is 25.9 Å². The number of amides is 1. The van der Waals surface area contributed by atoms with Crippen LogP contribution < -0.4 is 10.6 Å². The normalized spacial score (nSPS) is 20.0. The summed E-state index contributed by atoms with van der Waals surface area (Å²) in [7, 11) is 0. The van der Waals surface area contributed by atoms with Gasteiger partial charge in [-0.15, -0.1) is 0 Å². The molecule has 1 saturated heterocycles. The van der Waals surface area contributed by atoms with Crippen molar-refractivity contribution in [3.63, 3.8) is 0 Å². The number of primary amides is 1. The molecule has 0 aliphatic carbocycles. The number of nitrogens with two attached hydrogens (primary N) is 1. The molecule has 1 fully saturated rings. The van der Waals surface area contributed by atoms with Gasteiger partial charge < -0.3 is 10.6 Å². The third kappa shape index (κ3) is 3.15. The molecule has 2 N–H and O–H groups in total. The Balaban J connectivity index is 2.23. The van der Waals surface area contributed by atoms with Crippen LogP contribution in [0.15, 0.2) is 12.3 Å². The van der Waals surface area contributed by atoms with Crippen LogP contribution in [0, 0.1) is 5.92 Å². The quantitative estimate of drug-likeness (QED) is 0.913. The second-order valence-corrected chi connectivity index (χ2v) is 5.12. The van der Waals surface area contributed by atoms with E-state index in [9.17, 15) is 18.0 Å². The lowest BCUT2D eigenvalue weighted by Crippen LogP contribution is -2.41. The molecule has 1 aliphatic rings. The van der Waals surface area contributed by atoms with E-state index < -0.39 is 17.6 Å². The maximum Gasteiger partial charge on any atom is 0.417 e. The van der Waals surface area contributed by atoms with Gasteiger partial charge in [0.05, 0.1) is 16.5 Å². The van der Waals surface area contributed by atoms with Crippen LogP contribution in [0.25, 0.3) is 0 Å². The monoisotopic (exact) mass is 307 g/mol. The average Bonchev–Trinajstić information content (AvgIpc) is 2.37. The highest BCUT2D eigenvalue weighted by Gasteiger charge is 2.33. The minimum Gasteiger partial charge on any atom is -0.369 e. The van der Waals surface area contributed by atoms with Crippen molar-refractivity contribution >= 4 is 23.3 Å². The number of alkyl halides is 3. The standard InChI is InChI=1S/C12H13ClF3N3O/c13-9-4-8(12(14,15)16)5-18-11(9)19-3-1-2-7(6-19)10(17)20/h4-5,7H,1-3,6H2,(H2,17,20)/t7-/m0/s1. The van der Waals surface area contributed by atoms with Crippen molar-refractivity contribution in [3.05, 3.63) is 22.8 Å². The van der Waals surface area contributed by atoms with Crippen LogP contribution in [0.4, 0.5) is 19.0 Å². The molecule has 1 amide bonds. The molecule has 0 radical (unpaired) electrons. The molecular weight excluding hydrogens is 295 g/mol. The molecular formula is C12H13ClF3N3O. The first-order valence-electron chi connectivity index (χ1n) is 6.06. The first-order chi connectivity index (χ1) is 9.29. The van der Waals surface area contributed by atoms with Gasteiger partial charge in [-0.05, 0) is 18.9 Å². The topological polar surface area (TPSA) is 59.2 Å². The molecule has 0 saturated carbocycles. The molecule has 2 rings (SSSR count). The molecule has 8 heteroatoms. The van der Waals surface area contributed by atoms with E-state index in [2.05, 4.69) is 4.98 Å². The Morgan fingerprint density at radius 3 is 2.75 bits per heavy atom. The van der Waals surface area contributed by atoms with Crippen molar-refractivity contribution in [1.29, 1.82) is 0 Å². The smallest absolute Gasteiger partial charge is 0.369 e. The molecule has 1 atom stereocenters. The molecule has 20 heavy (non-hydrogen) atoms. The Morgan fingerprint density at radius 2 is 2.20 bits per heavy atom. The number of pyridine rings is 1. The van der Waals surface area contributed by atoms with Crippen molar-refractivity contribution < 1.29 is 18.0 Å². The van der Waals surface area contributed by atoms with Gasteiger partial charge in [0.15, 0.2) is 0 Å². The number of hydrogen-bond donors (Lipinski definition) is 1. The van der Waals surface area contributed by atoms with Crippen LogP contribution in [0.5, 0.6) is 0 Å². The summed E-state index contributed by atoms with van der Waals surface area (Å²) in [4.78, 5) is 16.7. The first-order valence-corrected chi connectivity index (χ1v) is 6.44. The summed E-state index contributed by atoms with van der Waals surface area (Å²) < 4.78 is 37.6. The van der Waals surface area contributed by atoms with Gasteiger partial charge in [-0.2, -0.15) is 13.2 Å². The van der Waals surface area contributed by atoms with Gasteiger partial charge in [0.2, 0.25) is 5.91 Å². The summed E-state index contributed by atoms with van der Waals surface area (Å²) in [5, 5.41) is -0.0788. The average molecular weight is 308 g/mol. The molecule has 0 unspecified atom stereocenters. The Hall–Kier alpha value is -1.50. The summed E-state index contributed by atoms with van der Waals surface area (Å²) in [6.45, 7) is 0.912. The predicted octanol–water partition coefficient (Wildman–Crippen LogP) is 2.46. The fourth-order valence-electron chi connectivity index (χ4n) is 2.22. The lowest BCUT2D eigenvalue weighted by molar-refractivity contribution is -0.137. The van der Waals surface area contributed by atoms with E-state index in [1.165, 1.54) is 0 Å². The van der Waals surface area contributed by atoms with Crippen LogP contribution in [0.1, 0.15) is 18.4 Å². The number of rotatable bonds is 2. The lowest BCUT2D eigenvalue weighted by atomic mass is 9.97. The maximum atomic E-state index is 12.5. The zero-order valence-corrected chi connectivity index (χ0v) is 11.2. The third-order valence-corrected chi connectivity index (χ3v) is 3.55. The molecule has 110 valence electrons. The summed E-state index contributed by atoms with van der Waals surface area (Å²) >= 11 is 5.88. The van der Waals surface area contributed by atoms with Gasteiger partial charge in [-0.1, -0.05) is 11.6 Å². The fourth-order valence-corrected chi connectivity index (χ4v) is 2.51. The number of carbonyl (C=O) groups excluding carboxylic acids is 1. The summed E-state index contributed by atoms with van der Waals surface area (Å²) in [6, 6.07) is 0.845. The van der Waals surface area contributed by atoms with Crippen LogP contribution in [0.3, 0.4) is 0 Å². The van der Waals surface area contributed by atoms with Crippen LogP contribution >= 0.6 is 11.6 Å². The van der Waals surface area contributed by atoms with Crippen molar-refractivity contribution in [2.24, 2.45) is 11.7 Å². The highest BCUT2D eigenvalue weighted by Crippen LogP contribution is 2.34. The van der Waals surface area contributed by atoms with Gasteiger partial charge in [-0.3, -0.25) is 4.79 Å². The van der Waals surface area contributed by atoms with Gasteiger partial charge in [0.25, 0.3) is 0 Å². The minimum absolute atomic E-state index is 0.0788. The highest BCUT2D eigenvalue weighted by atomic mass is 35.5. The van der Waals surface area contributed by atoms with Crippen molar-refractivity contribution in [3.8, 4) is 0 Å². The first kappa shape index (κ1) is 14.9. The third-order valence-electron chi connectivity index (χ3n) is 3.27. The minimum atomic E-state index is -4.48. The van der Waals surface area contributed by atoms with Gasteiger partial charge in [0.1, 0.15) is 5.82 Å². The fraction of sp³-hybridized carbons (Fsp3) is 0.500. The van der Waals surface area contributed by atoms with Gasteiger partial charge in [-0.25, -0.2) is 4.98 Å². The van der Waals surface area contributed by atoms with E-state index in [0.717, 1.165) is 12.3 Å². The molecule has 1 aliphatic heterocycles. The Morgan fingerprint density at radius 1 is 1.50 bits per heavy atom. The second-order valence-electron chi connectivity index (χ2n) is 4.71. The van der Waals surface area contributed by atoms with E-state index >= 15 is 0 Å². The summed E-state index contributed by atoms with van der Waals surface area (Å²) in [6.07, 6.45) is -2.35. The maximum absolute atomic E-state index is 12.5. The summed E-state index contributed by atoms with van der Waals surface area (Å²) in [5.74, 6) is -0.493. The number of anilines is 1. The zero-order chi connectivity index (χ0) is 14.9. The lowest BCUT2D eigenvalue weighted by Gasteiger charge is -2.32. The van der Waals surface area contributed by atoms with Crippen LogP contribution in [-0.2, 0) is 11.0 Å². The number of piperidine rings is 1. The molecule has 0 spiro atoms. The number of nitrogens with zero attached hydrogens (tertiary/aromatic N) is 2. The highest BCUT2D eigenvalue weighted by molar-refractivity contribution is 6.33. The van der Waals surface area contributed by atoms with Gasteiger partial charge in [0, 0.05) is 19.3 Å². The SMILES string of the molecule is NC(=O)[C@H]1CCCN(c2ncc(C(F)(F)F)cc2Cl)C1. The number of halogens is 4. The van der Waals surface area contributed by atoms with Crippen LogP contribution in [0.2, 0.25) is 5.02 Å². The van der Waals surface area contributed by atoms with Crippen molar-refractivity contribution in [2.45, 2.75) is 19.0 Å². The number of carbonyl (C=O) groups is 1. The van der Waals surface area contributed by atoms with E-state index in [-0.39, 0.29) is 16.8 Å². The second kappa shape index (κ2) is 5.47. The van der Waals surface area contributed by atoms with E-state index in [1.807, 2.05) is 0 Å². The molecule has 4 nitrogen and oxygen atoms in total. The Kier molecular flexibility index (Phi) is 4.08. The molecule has 1 aromatic heterocycles. The molecule has 0 bridgehead atoms. The molecule has 2 heterocycles. The van der Waals surface area contributed by atoms with E-state index in [4.69, 9.17) is 17.3 Å². The summed E-state index contributed by atoms with van der Waals surface area (Å²) in [5.41, 5.74) is 4.37. The predicted molar refractivity (Wildman–Crippen MR) is 68.4 cm³/mol. The number of aromatic nitrogens is 1. The largest absolute Gasteiger partial charge is 0.417 e. The molecule has 0 aromatic carbocycles. The zero-order valence-electron chi connectivity index (χ0n) is 10.5. The number of hydrogen-bond acceptors (Lipinski definition) is 3. The van der Waals surface area contributed by atoms with Crippen molar-refractivity contribution in [1.82, 2.24) is 4.98 Å². The van der Waals surface area contributed by atoms with Gasteiger partial charge >= 0.3 is 6.18 Å². The Bertz CT molecular complexity index is 521. The Labute approximate surface area is 118 Å². The van der Waals surface area contributed by atoms with Crippen LogP contribution in [-0.4, -0.2) is 24.0 Å².